The molecule has 0 saturated carbocycles. The summed E-state index contributed by atoms with van der Waals surface area (Å²) in [6, 6.07) is 14.8. The Morgan fingerprint density at radius 2 is 1.70 bits per heavy atom. The molecular weight excluding hydrogens is 270 g/mol. The van der Waals surface area contributed by atoms with Gasteiger partial charge < -0.3 is 0 Å². The van der Waals surface area contributed by atoms with Crippen LogP contribution in [0.4, 0.5) is 5.69 Å². The molecular formula is C16H17NO2S. The summed E-state index contributed by atoms with van der Waals surface area (Å²) in [4.78, 5) is 0.440. The molecule has 0 bridgehead atoms. The van der Waals surface area contributed by atoms with E-state index in [1.165, 1.54) is 0 Å². The zero-order valence-electron chi connectivity index (χ0n) is 11.6. The van der Waals surface area contributed by atoms with Crippen LogP contribution in [0.25, 0.3) is 0 Å². The van der Waals surface area contributed by atoms with Crippen LogP contribution in [0.2, 0.25) is 0 Å². The number of aryl methyl sites for hydroxylation is 1. The van der Waals surface area contributed by atoms with Crippen molar-refractivity contribution in [1.29, 1.82) is 0 Å². The number of para-hydroxylation sites is 1. The second kappa shape index (κ2) is 4.63. The van der Waals surface area contributed by atoms with Crippen LogP contribution in [-0.2, 0) is 10.0 Å². The summed E-state index contributed by atoms with van der Waals surface area (Å²) in [7, 11) is -3.45. The Balaban J connectivity index is 2.26. The Morgan fingerprint density at radius 1 is 1.05 bits per heavy atom. The van der Waals surface area contributed by atoms with Crippen molar-refractivity contribution in [3.8, 4) is 0 Å². The molecule has 1 unspecified atom stereocenters. The lowest BCUT2D eigenvalue weighted by molar-refractivity contribution is 0.588. The van der Waals surface area contributed by atoms with Gasteiger partial charge >= 0.3 is 0 Å². The number of nitrogens with zero attached hydrogens (tertiary/aromatic N) is 1. The molecule has 0 aromatic heterocycles. The van der Waals surface area contributed by atoms with Crippen LogP contribution in [0, 0.1) is 6.92 Å². The topological polar surface area (TPSA) is 37.4 Å². The van der Waals surface area contributed by atoms with Crippen molar-refractivity contribution in [3.05, 3.63) is 59.7 Å². The first-order valence-electron chi connectivity index (χ1n) is 6.76. The molecule has 0 aliphatic carbocycles. The van der Waals surface area contributed by atoms with Gasteiger partial charge in [-0.2, -0.15) is 0 Å². The third kappa shape index (κ3) is 1.75. The summed E-state index contributed by atoms with van der Waals surface area (Å²) in [6.07, 6.45) is 0.755. The van der Waals surface area contributed by atoms with E-state index in [2.05, 4.69) is 0 Å². The summed E-state index contributed by atoms with van der Waals surface area (Å²) in [5, 5.41) is 0. The highest BCUT2D eigenvalue weighted by atomic mass is 32.2. The zero-order valence-corrected chi connectivity index (χ0v) is 12.4. The Hall–Kier alpha value is -1.81. The van der Waals surface area contributed by atoms with Crippen molar-refractivity contribution in [2.75, 3.05) is 4.31 Å². The van der Waals surface area contributed by atoms with Crippen molar-refractivity contribution in [2.45, 2.75) is 31.2 Å². The molecule has 1 aliphatic rings. The summed E-state index contributed by atoms with van der Waals surface area (Å²) in [5.74, 6) is 0. The molecule has 2 aromatic rings. The quantitative estimate of drug-likeness (QED) is 0.845. The summed E-state index contributed by atoms with van der Waals surface area (Å²) >= 11 is 0. The number of hydrogen-bond donors (Lipinski definition) is 0. The van der Waals surface area contributed by atoms with Gasteiger partial charge in [-0.15, -0.1) is 0 Å². The monoisotopic (exact) mass is 287 g/mol. The minimum absolute atomic E-state index is 0.114. The minimum Gasteiger partial charge on any atom is -0.259 e. The highest BCUT2D eigenvalue weighted by molar-refractivity contribution is 7.93. The molecule has 0 radical (unpaired) electrons. The second-order valence-electron chi connectivity index (χ2n) is 5.05. The van der Waals surface area contributed by atoms with Gasteiger partial charge in [-0.05, 0) is 36.6 Å². The molecule has 0 amide bonds. The average molecular weight is 287 g/mol. The average Bonchev–Trinajstić information content (AvgIpc) is 2.68. The van der Waals surface area contributed by atoms with Gasteiger partial charge in [0.2, 0.25) is 0 Å². The molecule has 1 aliphatic heterocycles. The third-order valence-electron chi connectivity index (χ3n) is 3.84. The first-order chi connectivity index (χ1) is 9.57. The molecule has 104 valence electrons. The van der Waals surface area contributed by atoms with E-state index in [0.717, 1.165) is 23.2 Å². The molecule has 3 nitrogen and oxygen atoms in total. The highest BCUT2D eigenvalue weighted by Gasteiger charge is 2.41. The molecule has 4 heteroatoms. The number of sulfonamides is 1. The molecule has 1 heterocycles. The second-order valence-corrected chi connectivity index (χ2v) is 6.83. The van der Waals surface area contributed by atoms with Crippen LogP contribution in [-0.4, -0.2) is 8.42 Å². The van der Waals surface area contributed by atoms with E-state index in [1.54, 1.807) is 16.4 Å². The largest absolute Gasteiger partial charge is 0.265 e. The van der Waals surface area contributed by atoms with Crippen molar-refractivity contribution >= 4 is 15.7 Å². The normalized spacial score (nSPS) is 19.9. The van der Waals surface area contributed by atoms with E-state index < -0.39 is 10.0 Å². The lowest BCUT2D eigenvalue weighted by Gasteiger charge is -2.26. The fourth-order valence-electron chi connectivity index (χ4n) is 2.88. The van der Waals surface area contributed by atoms with Gasteiger partial charge in [0.25, 0.3) is 10.0 Å². The van der Waals surface area contributed by atoms with Gasteiger partial charge in [0, 0.05) is 0 Å². The van der Waals surface area contributed by atoms with Gasteiger partial charge in [-0.3, -0.25) is 4.31 Å². The Kier molecular flexibility index (Phi) is 3.05. The van der Waals surface area contributed by atoms with Crippen LogP contribution in [0.3, 0.4) is 0 Å². The van der Waals surface area contributed by atoms with E-state index in [0.29, 0.717) is 4.90 Å². The van der Waals surface area contributed by atoms with E-state index in [-0.39, 0.29) is 6.04 Å². The fourth-order valence-corrected chi connectivity index (χ4v) is 4.91. The molecule has 0 fully saturated rings. The smallest absolute Gasteiger partial charge is 0.259 e. The first kappa shape index (κ1) is 13.2. The van der Waals surface area contributed by atoms with E-state index in [1.807, 2.05) is 50.2 Å². The maximum atomic E-state index is 12.8. The number of rotatable bonds is 2. The van der Waals surface area contributed by atoms with Crippen molar-refractivity contribution in [1.82, 2.24) is 0 Å². The molecule has 2 aromatic carbocycles. The van der Waals surface area contributed by atoms with Crippen molar-refractivity contribution in [2.24, 2.45) is 0 Å². The van der Waals surface area contributed by atoms with Crippen LogP contribution >= 0.6 is 0 Å². The van der Waals surface area contributed by atoms with Gasteiger partial charge in [-0.1, -0.05) is 43.3 Å². The van der Waals surface area contributed by atoms with E-state index in [9.17, 15) is 8.42 Å². The molecule has 3 rings (SSSR count). The standard InChI is InChI=1S/C16H17NO2S/c1-3-14-13-9-5-7-11-16(13)20(18,19)17(14)15-10-6-4-8-12(15)2/h4-11,14H,3H2,1-2H3. The number of benzene rings is 2. The van der Waals surface area contributed by atoms with Gasteiger partial charge in [0.05, 0.1) is 16.6 Å². The predicted octanol–water partition coefficient (Wildman–Crippen LogP) is 3.66. The van der Waals surface area contributed by atoms with Crippen LogP contribution in [0.15, 0.2) is 53.4 Å². The summed E-state index contributed by atoms with van der Waals surface area (Å²) < 4.78 is 27.2. The minimum atomic E-state index is -3.45. The van der Waals surface area contributed by atoms with Crippen LogP contribution in [0.5, 0.6) is 0 Å². The molecule has 0 spiro atoms. The third-order valence-corrected chi connectivity index (χ3v) is 5.73. The maximum absolute atomic E-state index is 12.8. The lowest BCUT2D eigenvalue weighted by atomic mass is 10.0. The Bertz CT molecular complexity index is 753. The van der Waals surface area contributed by atoms with Crippen LogP contribution in [0.1, 0.15) is 30.5 Å². The van der Waals surface area contributed by atoms with Gasteiger partial charge in [0.1, 0.15) is 0 Å². The Morgan fingerprint density at radius 3 is 2.40 bits per heavy atom. The molecule has 1 atom stereocenters. The lowest BCUT2D eigenvalue weighted by Crippen LogP contribution is -2.28. The fraction of sp³-hybridized carbons (Fsp3) is 0.250. The van der Waals surface area contributed by atoms with Gasteiger partial charge in [-0.25, -0.2) is 8.42 Å². The highest BCUT2D eigenvalue weighted by Crippen LogP contribution is 2.44. The SMILES string of the molecule is CCC1c2ccccc2S(=O)(=O)N1c1ccccc1C. The molecule has 20 heavy (non-hydrogen) atoms. The summed E-state index contributed by atoms with van der Waals surface area (Å²) in [6.45, 7) is 3.97. The first-order valence-corrected chi connectivity index (χ1v) is 8.20. The van der Waals surface area contributed by atoms with Gasteiger partial charge in [0.15, 0.2) is 0 Å². The number of fused-ring (bicyclic) bond motifs is 1. The maximum Gasteiger partial charge on any atom is 0.265 e. The number of anilines is 1. The van der Waals surface area contributed by atoms with Crippen molar-refractivity contribution < 1.29 is 8.42 Å². The zero-order chi connectivity index (χ0) is 14.3. The summed E-state index contributed by atoms with van der Waals surface area (Å²) in [5.41, 5.74) is 2.65. The molecule has 0 saturated heterocycles. The molecule has 0 N–H and O–H groups in total. The Labute approximate surface area is 119 Å². The van der Waals surface area contributed by atoms with Crippen molar-refractivity contribution in [3.63, 3.8) is 0 Å². The van der Waals surface area contributed by atoms with E-state index >= 15 is 0 Å². The van der Waals surface area contributed by atoms with Crippen LogP contribution < -0.4 is 4.31 Å². The van der Waals surface area contributed by atoms with E-state index in [4.69, 9.17) is 0 Å². The predicted molar refractivity (Wildman–Crippen MR) is 80.3 cm³/mol. The number of hydrogen-bond acceptors (Lipinski definition) is 2.